The van der Waals surface area contributed by atoms with Gasteiger partial charge in [0.25, 0.3) is 0 Å². The molecule has 2 heterocycles. The van der Waals surface area contributed by atoms with Gasteiger partial charge in [-0.3, -0.25) is 4.98 Å². The molecule has 5 nitrogen and oxygen atoms in total. The van der Waals surface area contributed by atoms with Crippen molar-refractivity contribution in [3.05, 3.63) is 42.7 Å². The van der Waals surface area contributed by atoms with Crippen molar-refractivity contribution in [2.24, 2.45) is 11.8 Å². The van der Waals surface area contributed by atoms with Crippen molar-refractivity contribution in [2.45, 2.75) is 19.3 Å². The van der Waals surface area contributed by atoms with Crippen LogP contribution in [0.5, 0.6) is 0 Å². The van der Waals surface area contributed by atoms with E-state index >= 15 is 0 Å². The van der Waals surface area contributed by atoms with Crippen molar-refractivity contribution in [3.63, 3.8) is 0 Å². The molecule has 124 valence electrons. The molecule has 1 aromatic heterocycles. The maximum absolute atomic E-state index is 12.6. The Morgan fingerprint density at radius 2 is 1.79 bits per heavy atom. The zero-order chi connectivity index (χ0) is 16.5. The summed E-state index contributed by atoms with van der Waals surface area (Å²) in [6.45, 7) is 1.75. The Morgan fingerprint density at radius 1 is 1.08 bits per heavy atom. The number of rotatable bonds is 2. The molecule has 2 atom stereocenters. The summed E-state index contributed by atoms with van der Waals surface area (Å²) in [7, 11) is 0. The summed E-state index contributed by atoms with van der Waals surface area (Å²) in [5.41, 5.74) is 9.38. The lowest BCUT2D eigenvalue weighted by Gasteiger charge is -2.19. The fourth-order valence-corrected chi connectivity index (χ4v) is 3.98. The van der Waals surface area contributed by atoms with Gasteiger partial charge in [0.05, 0.1) is 11.4 Å². The lowest BCUT2D eigenvalue weighted by molar-refractivity contribution is 0.219. The molecule has 24 heavy (non-hydrogen) atoms. The summed E-state index contributed by atoms with van der Waals surface area (Å²) < 4.78 is 0. The number of nitrogens with two attached hydrogens (primary N) is 1. The summed E-state index contributed by atoms with van der Waals surface area (Å²) in [5, 5.41) is 3.00. The van der Waals surface area contributed by atoms with Crippen molar-refractivity contribution in [1.29, 1.82) is 0 Å². The zero-order valence-electron chi connectivity index (χ0n) is 13.6. The molecule has 5 heteroatoms. The summed E-state index contributed by atoms with van der Waals surface area (Å²) in [5.74, 6) is 1.38. The maximum atomic E-state index is 12.6. The summed E-state index contributed by atoms with van der Waals surface area (Å²) in [6, 6.07) is 9.57. The molecule has 0 radical (unpaired) electrons. The highest BCUT2D eigenvalue weighted by Crippen LogP contribution is 2.38. The Morgan fingerprint density at radius 3 is 2.50 bits per heavy atom. The van der Waals surface area contributed by atoms with Gasteiger partial charge in [-0.15, -0.1) is 0 Å². The first-order valence-electron chi connectivity index (χ1n) is 8.56. The summed E-state index contributed by atoms with van der Waals surface area (Å²) in [6.07, 6.45) is 7.34. The van der Waals surface area contributed by atoms with Crippen molar-refractivity contribution < 1.29 is 4.79 Å². The van der Waals surface area contributed by atoms with Crippen LogP contribution in [-0.2, 0) is 0 Å². The number of hydrogen-bond donors (Lipinski definition) is 2. The molecule has 2 unspecified atom stereocenters. The fourth-order valence-electron chi connectivity index (χ4n) is 3.98. The van der Waals surface area contributed by atoms with Crippen LogP contribution in [0.3, 0.4) is 0 Å². The molecule has 2 amide bonds. The van der Waals surface area contributed by atoms with Gasteiger partial charge in [-0.2, -0.15) is 0 Å². The SMILES string of the molecule is Nc1ccc(-c2ccncc2)cc1NC(=O)N1CC2CCCC2C1. The van der Waals surface area contributed by atoms with E-state index in [1.54, 1.807) is 12.4 Å². The van der Waals surface area contributed by atoms with Crippen molar-refractivity contribution in [3.8, 4) is 11.1 Å². The van der Waals surface area contributed by atoms with E-state index in [-0.39, 0.29) is 6.03 Å². The standard InChI is InChI=1S/C19H22N4O/c20-17-5-4-14(13-6-8-21-9-7-13)10-18(17)22-19(24)23-11-15-2-1-3-16(15)12-23/h4-10,15-16H,1-3,11-12,20H2,(H,22,24). The zero-order valence-corrected chi connectivity index (χ0v) is 13.6. The average molecular weight is 322 g/mol. The van der Waals surface area contributed by atoms with Crippen molar-refractivity contribution in [1.82, 2.24) is 9.88 Å². The normalized spacial score (nSPS) is 22.4. The number of carbonyl (C=O) groups is 1. The quantitative estimate of drug-likeness (QED) is 0.830. The molecular weight excluding hydrogens is 300 g/mol. The van der Waals surface area contributed by atoms with Crippen LogP contribution < -0.4 is 11.1 Å². The number of benzene rings is 1. The molecule has 2 fully saturated rings. The number of pyridine rings is 1. The third-order valence-corrected chi connectivity index (χ3v) is 5.32. The second-order valence-corrected chi connectivity index (χ2v) is 6.82. The monoisotopic (exact) mass is 322 g/mol. The highest BCUT2D eigenvalue weighted by atomic mass is 16.2. The van der Waals surface area contributed by atoms with Crippen molar-refractivity contribution >= 4 is 17.4 Å². The predicted octanol–water partition coefficient (Wildman–Crippen LogP) is 3.59. The molecule has 2 aromatic rings. The lowest BCUT2D eigenvalue weighted by Crippen LogP contribution is -2.33. The molecule has 4 rings (SSSR count). The van der Waals surface area contributed by atoms with E-state index in [9.17, 15) is 4.79 Å². The van der Waals surface area contributed by atoms with Crippen LogP contribution in [0.15, 0.2) is 42.7 Å². The Hall–Kier alpha value is -2.56. The summed E-state index contributed by atoms with van der Waals surface area (Å²) in [4.78, 5) is 18.6. The van der Waals surface area contributed by atoms with Gasteiger partial charge < -0.3 is 16.0 Å². The van der Waals surface area contributed by atoms with Crippen LogP contribution in [0.2, 0.25) is 0 Å². The third-order valence-electron chi connectivity index (χ3n) is 5.32. The Balaban J connectivity index is 1.51. The van der Waals surface area contributed by atoms with E-state index in [1.807, 2.05) is 35.2 Å². The van der Waals surface area contributed by atoms with Crippen LogP contribution in [0, 0.1) is 11.8 Å². The Bertz CT molecular complexity index is 734. The molecule has 1 aliphatic heterocycles. The van der Waals surface area contributed by atoms with Crippen LogP contribution in [0.4, 0.5) is 16.2 Å². The van der Waals surface area contributed by atoms with E-state index in [4.69, 9.17) is 5.73 Å². The number of carbonyl (C=O) groups excluding carboxylic acids is 1. The number of aromatic nitrogens is 1. The van der Waals surface area contributed by atoms with E-state index in [1.165, 1.54) is 19.3 Å². The van der Waals surface area contributed by atoms with Gasteiger partial charge >= 0.3 is 6.03 Å². The number of hydrogen-bond acceptors (Lipinski definition) is 3. The van der Waals surface area contributed by atoms with Crippen LogP contribution >= 0.6 is 0 Å². The average Bonchev–Trinajstić information content (AvgIpc) is 3.19. The number of nitrogen functional groups attached to an aromatic ring is 1. The molecule has 1 saturated heterocycles. The smallest absolute Gasteiger partial charge is 0.321 e. The molecule has 1 aromatic carbocycles. The fraction of sp³-hybridized carbons (Fsp3) is 0.368. The summed E-state index contributed by atoms with van der Waals surface area (Å²) >= 11 is 0. The van der Waals surface area contributed by atoms with Gasteiger partial charge in [-0.25, -0.2) is 4.79 Å². The first-order chi connectivity index (χ1) is 11.7. The van der Waals surface area contributed by atoms with Crippen molar-refractivity contribution in [2.75, 3.05) is 24.1 Å². The van der Waals surface area contributed by atoms with Gasteiger partial charge in [-0.1, -0.05) is 12.5 Å². The number of fused-ring (bicyclic) bond motifs is 1. The minimum absolute atomic E-state index is 0.0389. The van der Waals surface area contributed by atoms with E-state index < -0.39 is 0 Å². The number of likely N-dealkylation sites (tertiary alicyclic amines) is 1. The molecule has 3 N–H and O–H groups in total. The van der Waals surface area contributed by atoms with Gasteiger partial charge in [0, 0.05) is 25.5 Å². The molecule has 0 spiro atoms. The number of nitrogens with one attached hydrogen (secondary N) is 1. The second kappa shape index (κ2) is 6.15. The molecule has 1 aliphatic carbocycles. The largest absolute Gasteiger partial charge is 0.397 e. The topological polar surface area (TPSA) is 71.2 Å². The Kier molecular flexibility index (Phi) is 3.84. The lowest BCUT2D eigenvalue weighted by atomic mass is 10.0. The van der Waals surface area contributed by atoms with Crippen LogP contribution in [0.25, 0.3) is 11.1 Å². The Labute approximate surface area is 141 Å². The minimum Gasteiger partial charge on any atom is -0.397 e. The second-order valence-electron chi connectivity index (χ2n) is 6.82. The molecular formula is C19H22N4O. The van der Waals surface area contributed by atoms with Gasteiger partial charge in [0.2, 0.25) is 0 Å². The number of nitrogens with zero attached hydrogens (tertiary/aromatic N) is 2. The van der Waals surface area contributed by atoms with Crippen LogP contribution in [0.1, 0.15) is 19.3 Å². The first kappa shape index (κ1) is 15.0. The van der Waals surface area contributed by atoms with Gasteiger partial charge in [-0.05, 0) is 60.1 Å². The highest BCUT2D eigenvalue weighted by Gasteiger charge is 2.38. The molecule has 2 aliphatic rings. The predicted molar refractivity (Wildman–Crippen MR) is 95.5 cm³/mol. The van der Waals surface area contributed by atoms with Crippen LogP contribution in [-0.4, -0.2) is 29.0 Å². The van der Waals surface area contributed by atoms with Gasteiger partial charge in [0.15, 0.2) is 0 Å². The van der Waals surface area contributed by atoms with E-state index in [0.717, 1.165) is 24.2 Å². The number of urea groups is 1. The van der Waals surface area contributed by atoms with E-state index in [0.29, 0.717) is 23.2 Å². The van der Waals surface area contributed by atoms with E-state index in [2.05, 4.69) is 10.3 Å². The maximum Gasteiger partial charge on any atom is 0.321 e. The van der Waals surface area contributed by atoms with Gasteiger partial charge in [0.1, 0.15) is 0 Å². The molecule has 0 bridgehead atoms. The minimum atomic E-state index is -0.0389. The third kappa shape index (κ3) is 2.82. The number of anilines is 2. The number of amides is 2. The first-order valence-corrected chi connectivity index (χ1v) is 8.56. The highest BCUT2D eigenvalue weighted by molar-refractivity contribution is 5.94. The molecule has 1 saturated carbocycles.